The Balaban J connectivity index is 2.40. The predicted octanol–water partition coefficient (Wildman–Crippen LogP) is 3.00. The van der Waals surface area contributed by atoms with Crippen molar-refractivity contribution in [3.8, 4) is 0 Å². The highest BCUT2D eigenvalue weighted by molar-refractivity contribution is 6.30. The van der Waals surface area contributed by atoms with Gasteiger partial charge in [0.2, 0.25) is 0 Å². The maximum absolute atomic E-state index is 9.78. The van der Waals surface area contributed by atoms with Crippen LogP contribution in [-0.2, 0) is 0 Å². The molecule has 1 unspecified atom stereocenters. The molecule has 16 heavy (non-hydrogen) atoms. The Morgan fingerprint density at radius 1 is 1.44 bits per heavy atom. The average molecular weight is 240 g/mol. The van der Waals surface area contributed by atoms with Gasteiger partial charge in [0.25, 0.3) is 0 Å². The largest absolute Gasteiger partial charge is 0.391 e. The van der Waals surface area contributed by atoms with Gasteiger partial charge in [-0.1, -0.05) is 17.7 Å². The molecule has 1 heterocycles. The molecule has 1 aliphatic heterocycles. The summed E-state index contributed by atoms with van der Waals surface area (Å²) in [6, 6.07) is 5.91. The zero-order valence-electron chi connectivity index (χ0n) is 10.00. The second-order valence-electron chi connectivity index (χ2n) is 5.21. The third-order valence-electron chi connectivity index (χ3n) is 3.32. The van der Waals surface area contributed by atoms with Gasteiger partial charge in [-0.05, 0) is 44.9 Å². The molecule has 0 aromatic heterocycles. The summed E-state index contributed by atoms with van der Waals surface area (Å²) in [6.07, 6.45) is 0.562. The quantitative estimate of drug-likeness (QED) is 0.815. The number of hydrogen-bond acceptors (Lipinski definition) is 2. The first-order valence-electron chi connectivity index (χ1n) is 5.62. The highest BCUT2D eigenvalue weighted by Gasteiger charge is 2.38. The van der Waals surface area contributed by atoms with Gasteiger partial charge in [0, 0.05) is 22.8 Å². The number of aliphatic hydroxyl groups is 1. The van der Waals surface area contributed by atoms with E-state index in [0.717, 1.165) is 17.1 Å². The molecular formula is C13H18ClNO. The minimum atomic E-state index is -0.242. The molecule has 0 radical (unpaired) electrons. The first kappa shape index (κ1) is 11.7. The SMILES string of the molecule is Cc1ccc(Cl)cc1N1CC(O)CC1(C)C. The van der Waals surface area contributed by atoms with Gasteiger partial charge in [0.05, 0.1) is 6.10 Å². The van der Waals surface area contributed by atoms with E-state index >= 15 is 0 Å². The summed E-state index contributed by atoms with van der Waals surface area (Å²) >= 11 is 6.04. The zero-order chi connectivity index (χ0) is 11.9. The summed E-state index contributed by atoms with van der Waals surface area (Å²) in [6.45, 7) is 7.08. The van der Waals surface area contributed by atoms with E-state index in [1.807, 2.05) is 18.2 Å². The number of hydrogen-bond donors (Lipinski definition) is 1. The van der Waals surface area contributed by atoms with Gasteiger partial charge in [-0.3, -0.25) is 0 Å². The summed E-state index contributed by atoms with van der Waals surface area (Å²) in [5, 5.41) is 10.5. The van der Waals surface area contributed by atoms with Crippen molar-refractivity contribution < 1.29 is 5.11 Å². The Kier molecular flexibility index (Phi) is 2.89. The molecule has 0 saturated carbocycles. The summed E-state index contributed by atoms with van der Waals surface area (Å²) in [7, 11) is 0. The maximum atomic E-state index is 9.78. The fraction of sp³-hybridized carbons (Fsp3) is 0.538. The summed E-state index contributed by atoms with van der Waals surface area (Å²) in [5.41, 5.74) is 2.33. The lowest BCUT2D eigenvalue weighted by molar-refractivity contribution is 0.188. The van der Waals surface area contributed by atoms with Gasteiger partial charge < -0.3 is 10.0 Å². The van der Waals surface area contributed by atoms with Crippen molar-refractivity contribution in [3.63, 3.8) is 0 Å². The fourth-order valence-corrected chi connectivity index (χ4v) is 2.67. The molecule has 1 aromatic rings. The van der Waals surface area contributed by atoms with E-state index in [9.17, 15) is 5.11 Å². The van der Waals surface area contributed by atoms with Crippen LogP contribution < -0.4 is 4.90 Å². The molecular weight excluding hydrogens is 222 g/mol. The van der Waals surface area contributed by atoms with E-state index in [2.05, 4.69) is 25.7 Å². The third-order valence-corrected chi connectivity index (χ3v) is 3.56. The monoisotopic (exact) mass is 239 g/mol. The predicted molar refractivity (Wildman–Crippen MR) is 68.2 cm³/mol. The number of nitrogens with zero attached hydrogens (tertiary/aromatic N) is 1. The molecule has 0 amide bonds. The zero-order valence-corrected chi connectivity index (χ0v) is 10.8. The van der Waals surface area contributed by atoms with Gasteiger partial charge in [-0.2, -0.15) is 0 Å². The topological polar surface area (TPSA) is 23.5 Å². The first-order chi connectivity index (χ1) is 7.40. The lowest BCUT2D eigenvalue weighted by Gasteiger charge is -2.34. The van der Waals surface area contributed by atoms with Crippen LogP contribution in [0, 0.1) is 6.92 Å². The Hall–Kier alpha value is -0.730. The second-order valence-corrected chi connectivity index (χ2v) is 5.65. The van der Waals surface area contributed by atoms with E-state index in [0.29, 0.717) is 6.54 Å². The van der Waals surface area contributed by atoms with Crippen molar-refractivity contribution >= 4 is 17.3 Å². The van der Waals surface area contributed by atoms with Crippen LogP contribution in [0.15, 0.2) is 18.2 Å². The van der Waals surface area contributed by atoms with E-state index < -0.39 is 0 Å². The standard InChI is InChI=1S/C13H18ClNO/c1-9-4-5-10(14)6-12(9)15-8-11(16)7-13(15,2)3/h4-6,11,16H,7-8H2,1-3H3. The van der Waals surface area contributed by atoms with Crippen LogP contribution in [0.5, 0.6) is 0 Å². The lowest BCUT2D eigenvalue weighted by Crippen LogP contribution is -2.38. The highest BCUT2D eigenvalue weighted by atomic mass is 35.5. The van der Waals surface area contributed by atoms with Crippen LogP contribution >= 0.6 is 11.6 Å². The molecule has 0 aliphatic carbocycles. The number of halogens is 1. The van der Waals surface area contributed by atoms with Gasteiger partial charge >= 0.3 is 0 Å². The molecule has 1 saturated heterocycles. The van der Waals surface area contributed by atoms with Gasteiger partial charge in [-0.15, -0.1) is 0 Å². The molecule has 2 nitrogen and oxygen atoms in total. The highest BCUT2D eigenvalue weighted by Crippen LogP contribution is 2.36. The molecule has 0 spiro atoms. The fourth-order valence-electron chi connectivity index (χ4n) is 2.51. The van der Waals surface area contributed by atoms with Crippen LogP contribution in [0.3, 0.4) is 0 Å². The Bertz CT molecular complexity index is 403. The molecule has 1 atom stereocenters. The summed E-state index contributed by atoms with van der Waals surface area (Å²) in [4.78, 5) is 2.25. The number of aliphatic hydroxyl groups excluding tert-OH is 1. The summed E-state index contributed by atoms with van der Waals surface area (Å²) in [5.74, 6) is 0. The van der Waals surface area contributed by atoms with Gasteiger partial charge in [0.15, 0.2) is 0 Å². The molecule has 88 valence electrons. The second kappa shape index (κ2) is 3.94. The smallest absolute Gasteiger partial charge is 0.0737 e. The van der Waals surface area contributed by atoms with Crippen molar-refractivity contribution in [3.05, 3.63) is 28.8 Å². The molecule has 1 aromatic carbocycles. The van der Waals surface area contributed by atoms with Crippen molar-refractivity contribution in [1.29, 1.82) is 0 Å². The van der Waals surface area contributed by atoms with Crippen molar-refractivity contribution in [2.24, 2.45) is 0 Å². The number of benzene rings is 1. The molecule has 3 heteroatoms. The molecule has 1 fully saturated rings. The minimum Gasteiger partial charge on any atom is -0.391 e. The summed E-state index contributed by atoms with van der Waals surface area (Å²) < 4.78 is 0. The van der Waals surface area contributed by atoms with Gasteiger partial charge in [0.1, 0.15) is 0 Å². The van der Waals surface area contributed by atoms with Crippen LogP contribution in [0.2, 0.25) is 5.02 Å². The number of rotatable bonds is 1. The van der Waals surface area contributed by atoms with Crippen LogP contribution in [-0.4, -0.2) is 23.3 Å². The first-order valence-corrected chi connectivity index (χ1v) is 6.00. The maximum Gasteiger partial charge on any atom is 0.0737 e. The van der Waals surface area contributed by atoms with Gasteiger partial charge in [-0.25, -0.2) is 0 Å². The normalized spacial score (nSPS) is 23.8. The molecule has 1 N–H and O–H groups in total. The number of anilines is 1. The third kappa shape index (κ3) is 2.04. The lowest BCUT2D eigenvalue weighted by atomic mass is 10.00. The Morgan fingerprint density at radius 3 is 2.69 bits per heavy atom. The van der Waals surface area contributed by atoms with E-state index in [4.69, 9.17) is 11.6 Å². The van der Waals surface area contributed by atoms with Crippen molar-refractivity contribution in [1.82, 2.24) is 0 Å². The Morgan fingerprint density at radius 2 is 2.12 bits per heavy atom. The molecule has 1 aliphatic rings. The molecule has 0 bridgehead atoms. The number of aryl methyl sites for hydroxylation is 1. The number of β-amino-alcohol motifs (C(OH)–C–C–N with tert-alkyl or cyclic N) is 1. The Labute approximate surface area is 102 Å². The van der Waals surface area contributed by atoms with Crippen LogP contribution in [0.25, 0.3) is 0 Å². The van der Waals surface area contributed by atoms with E-state index in [1.54, 1.807) is 0 Å². The minimum absolute atomic E-state index is 0.00510. The van der Waals surface area contributed by atoms with E-state index in [-0.39, 0.29) is 11.6 Å². The van der Waals surface area contributed by atoms with Crippen LogP contribution in [0.1, 0.15) is 25.8 Å². The molecule has 2 rings (SSSR count). The van der Waals surface area contributed by atoms with Crippen molar-refractivity contribution in [2.45, 2.75) is 38.8 Å². The van der Waals surface area contributed by atoms with E-state index in [1.165, 1.54) is 5.56 Å². The van der Waals surface area contributed by atoms with Crippen molar-refractivity contribution in [2.75, 3.05) is 11.4 Å². The average Bonchev–Trinajstić information content (AvgIpc) is 2.43. The van der Waals surface area contributed by atoms with Crippen LogP contribution in [0.4, 0.5) is 5.69 Å².